The van der Waals surface area contributed by atoms with Gasteiger partial charge in [0.2, 0.25) is 5.13 Å². The van der Waals surface area contributed by atoms with Crippen molar-refractivity contribution < 1.29 is 0 Å². The summed E-state index contributed by atoms with van der Waals surface area (Å²) in [5.74, 6) is 0. The van der Waals surface area contributed by atoms with Crippen LogP contribution in [0, 0.1) is 5.41 Å². The van der Waals surface area contributed by atoms with Crippen molar-refractivity contribution in [3.63, 3.8) is 0 Å². The Hall–Kier alpha value is -1.46. The fourth-order valence-electron chi connectivity index (χ4n) is 3.64. The van der Waals surface area contributed by atoms with Gasteiger partial charge in [-0.1, -0.05) is 41.7 Å². The molecule has 2 saturated heterocycles. The lowest BCUT2D eigenvalue weighted by atomic mass is 9.78. The van der Waals surface area contributed by atoms with Crippen LogP contribution < -0.4 is 4.90 Å². The van der Waals surface area contributed by atoms with E-state index in [2.05, 4.69) is 51.3 Å². The van der Waals surface area contributed by atoms with E-state index in [0.717, 1.165) is 23.2 Å². The van der Waals surface area contributed by atoms with Gasteiger partial charge in [-0.25, -0.2) is 0 Å². The van der Waals surface area contributed by atoms with E-state index >= 15 is 0 Å². The first-order chi connectivity index (χ1) is 10.7. The predicted molar refractivity (Wildman–Crippen MR) is 91.3 cm³/mol. The normalized spacial score (nSPS) is 21.6. The summed E-state index contributed by atoms with van der Waals surface area (Å²) in [6.07, 6.45) is 3.95. The maximum atomic E-state index is 4.45. The fourth-order valence-corrected chi connectivity index (χ4v) is 4.52. The van der Waals surface area contributed by atoms with Crippen LogP contribution in [0.25, 0.3) is 10.6 Å². The van der Waals surface area contributed by atoms with Crippen molar-refractivity contribution in [2.75, 3.05) is 38.1 Å². The topological polar surface area (TPSA) is 32.3 Å². The van der Waals surface area contributed by atoms with E-state index in [4.69, 9.17) is 0 Å². The van der Waals surface area contributed by atoms with Crippen molar-refractivity contribution in [2.24, 2.45) is 5.41 Å². The van der Waals surface area contributed by atoms with Crippen LogP contribution in [0.15, 0.2) is 30.3 Å². The molecule has 1 aromatic heterocycles. The van der Waals surface area contributed by atoms with Gasteiger partial charge >= 0.3 is 0 Å². The highest BCUT2D eigenvalue weighted by atomic mass is 32.1. The van der Waals surface area contributed by atoms with Gasteiger partial charge in [0, 0.05) is 18.7 Å². The minimum Gasteiger partial charge on any atom is -0.346 e. The van der Waals surface area contributed by atoms with Gasteiger partial charge in [-0.2, -0.15) is 0 Å². The van der Waals surface area contributed by atoms with E-state index in [9.17, 15) is 0 Å². The molecule has 0 N–H and O–H groups in total. The van der Waals surface area contributed by atoms with Gasteiger partial charge in [0.05, 0.1) is 0 Å². The number of nitrogens with zero attached hydrogens (tertiary/aromatic N) is 4. The van der Waals surface area contributed by atoms with Crippen LogP contribution >= 0.6 is 11.3 Å². The summed E-state index contributed by atoms with van der Waals surface area (Å²) in [4.78, 5) is 4.90. The Bertz CT molecular complexity index is 631. The van der Waals surface area contributed by atoms with E-state index < -0.39 is 0 Å². The number of hydrogen-bond donors (Lipinski definition) is 0. The molecule has 22 heavy (non-hydrogen) atoms. The van der Waals surface area contributed by atoms with Crippen molar-refractivity contribution in [1.29, 1.82) is 0 Å². The minimum absolute atomic E-state index is 0.519. The highest BCUT2D eigenvalue weighted by Crippen LogP contribution is 2.42. The first-order valence-electron chi connectivity index (χ1n) is 8.07. The number of rotatable bonds is 2. The molecule has 0 unspecified atom stereocenters. The molecule has 0 saturated carbocycles. The van der Waals surface area contributed by atoms with Crippen LogP contribution in [0.4, 0.5) is 5.13 Å². The highest BCUT2D eigenvalue weighted by Gasteiger charge is 2.40. The quantitative estimate of drug-likeness (QED) is 0.852. The van der Waals surface area contributed by atoms with Crippen LogP contribution in [0.2, 0.25) is 0 Å². The van der Waals surface area contributed by atoms with Crippen molar-refractivity contribution in [1.82, 2.24) is 15.1 Å². The van der Waals surface area contributed by atoms with Gasteiger partial charge < -0.3 is 9.80 Å². The van der Waals surface area contributed by atoms with Gasteiger partial charge in [0.25, 0.3) is 0 Å². The Morgan fingerprint density at radius 2 is 1.73 bits per heavy atom. The second-order valence-corrected chi connectivity index (χ2v) is 7.69. The summed E-state index contributed by atoms with van der Waals surface area (Å²) >= 11 is 1.72. The average Bonchev–Trinajstić information content (AvgIpc) is 3.19. The maximum absolute atomic E-state index is 4.45. The molecule has 2 aliphatic heterocycles. The lowest BCUT2D eigenvalue weighted by Crippen LogP contribution is -2.39. The number of likely N-dealkylation sites (tertiary alicyclic amines) is 1. The van der Waals surface area contributed by atoms with Gasteiger partial charge in [-0.05, 0) is 44.8 Å². The molecular formula is C17H22N4S. The zero-order chi connectivity index (χ0) is 15.0. The van der Waals surface area contributed by atoms with Crippen molar-refractivity contribution in [3.8, 4) is 10.6 Å². The van der Waals surface area contributed by atoms with Gasteiger partial charge in [-0.15, -0.1) is 10.2 Å². The average molecular weight is 314 g/mol. The van der Waals surface area contributed by atoms with E-state index in [1.165, 1.54) is 37.9 Å². The van der Waals surface area contributed by atoms with E-state index in [1.807, 2.05) is 6.07 Å². The Morgan fingerprint density at radius 1 is 1.00 bits per heavy atom. The molecule has 5 heteroatoms. The first-order valence-corrected chi connectivity index (χ1v) is 8.88. The zero-order valence-electron chi connectivity index (χ0n) is 13.0. The molecule has 1 aromatic carbocycles. The molecule has 0 radical (unpaired) electrons. The molecule has 2 fully saturated rings. The lowest BCUT2D eigenvalue weighted by molar-refractivity contribution is 0.142. The third kappa shape index (κ3) is 2.63. The van der Waals surface area contributed by atoms with Crippen LogP contribution in [-0.4, -0.2) is 48.3 Å². The van der Waals surface area contributed by atoms with Crippen LogP contribution in [0.5, 0.6) is 0 Å². The van der Waals surface area contributed by atoms with Gasteiger partial charge in [0.15, 0.2) is 0 Å². The second kappa shape index (κ2) is 5.63. The van der Waals surface area contributed by atoms with Gasteiger partial charge in [0.1, 0.15) is 5.01 Å². The Labute approximate surface area is 135 Å². The highest BCUT2D eigenvalue weighted by molar-refractivity contribution is 7.18. The Morgan fingerprint density at radius 3 is 2.50 bits per heavy atom. The number of aromatic nitrogens is 2. The summed E-state index contributed by atoms with van der Waals surface area (Å²) in [5, 5.41) is 11.0. The lowest BCUT2D eigenvalue weighted by Gasteiger charge is -2.37. The zero-order valence-corrected chi connectivity index (χ0v) is 13.9. The molecule has 2 aliphatic rings. The number of anilines is 1. The summed E-state index contributed by atoms with van der Waals surface area (Å²) in [6, 6.07) is 10.4. The number of piperidine rings is 1. The standard InChI is InChI=1S/C17H22N4S/c1-20-10-7-17(8-11-20)9-12-21(13-17)16-19-18-15(22-16)14-5-3-2-4-6-14/h2-6H,7-13H2,1H3. The molecule has 1 spiro atoms. The Kier molecular flexibility index (Phi) is 3.62. The first kappa shape index (κ1) is 14.2. The third-order valence-electron chi connectivity index (χ3n) is 5.19. The SMILES string of the molecule is CN1CCC2(CC1)CCN(c1nnc(-c3ccccc3)s1)C2. The molecule has 116 valence electrons. The van der Waals surface area contributed by atoms with Crippen molar-refractivity contribution in [2.45, 2.75) is 19.3 Å². The molecule has 0 atom stereocenters. The van der Waals surface area contributed by atoms with Gasteiger partial charge in [-0.3, -0.25) is 0 Å². The molecule has 0 aliphatic carbocycles. The molecule has 2 aromatic rings. The summed E-state index contributed by atoms with van der Waals surface area (Å²) < 4.78 is 0. The van der Waals surface area contributed by atoms with E-state index in [1.54, 1.807) is 11.3 Å². The summed E-state index contributed by atoms with van der Waals surface area (Å²) in [5.41, 5.74) is 1.69. The smallest absolute Gasteiger partial charge is 0.208 e. The second-order valence-electron chi connectivity index (χ2n) is 6.73. The summed E-state index contributed by atoms with van der Waals surface area (Å²) in [7, 11) is 2.23. The van der Waals surface area contributed by atoms with Crippen LogP contribution in [0.3, 0.4) is 0 Å². The summed E-state index contributed by atoms with van der Waals surface area (Å²) in [6.45, 7) is 4.76. The molecule has 0 amide bonds. The molecule has 4 rings (SSSR count). The maximum Gasteiger partial charge on any atom is 0.208 e. The predicted octanol–water partition coefficient (Wildman–Crippen LogP) is 3.13. The van der Waals surface area contributed by atoms with Crippen LogP contribution in [0.1, 0.15) is 19.3 Å². The van der Waals surface area contributed by atoms with E-state index in [0.29, 0.717) is 5.41 Å². The molecular weight excluding hydrogens is 292 g/mol. The van der Waals surface area contributed by atoms with Crippen molar-refractivity contribution in [3.05, 3.63) is 30.3 Å². The minimum atomic E-state index is 0.519. The molecule has 0 bridgehead atoms. The Balaban J connectivity index is 1.49. The molecule has 4 nitrogen and oxygen atoms in total. The fraction of sp³-hybridized carbons (Fsp3) is 0.529. The van der Waals surface area contributed by atoms with Crippen LogP contribution in [-0.2, 0) is 0 Å². The third-order valence-corrected chi connectivity index (χ3v) is 6.22. The number of benzene rings is 1. The monoisotopic (exact) mass is 314 g/mol. The van der Waals surface area contributed by atoms with E-state index in [-0.39, 0.29) is 0 Å². The largest absolute Gasteiger partial charge is 0.346 e. The van der Waals surface area contributed by atoms with Crippen molar-refractivity contribution >= 4 is 16.5 Å². The molecule has 3 heterocycles. The number of hydrogen-bond acceptors (Lipinski definition) is 5.